The van der Waals surface area contributed by atoms with E-state index in [4.69, 9.17) is 0 Å². The summed E-state index contributed by atoms with van der Waals surface area (Å²) in [5, 5.41) is 21.2. The fourth-order valence-corrected chi connectivity index (χ4v) is 8.35. The molecule has 2 heteroatoms. The minimum Gasteiger partial charge on any atom is -0.393 e. The van der Waals surface area contributed by atoms with Crippen molar-refractivity contribution >= 4 is 0 Å². The summed E-state index contributed by atoms with van der Waals surface area (Å²) in [7, 11) is 0. The van der Waals surface area contributed by atoms with Gasteiger partial charge in [0.25, 0.3) is 0 Å². The van der Waals surface area contributed by atoms with Crippen LogP contribution in [0.5, 0.6) is 0 Å². The van der Waals surface area contributed by atoms with Gasteiger partial charge in [0.15, 0.2) is 0 Å². The minimum absolute atomic E-state index is 0.192. The zero-order valence-electron chi connectivity index (χ0n) is 16.5. The Bertz CT molecular complexity index is 530. The molecule has 0 aromatic carbocycles. The third-order valence-corrected chi connectivity index (χ3v) is 9.73. The maximum atomic E-state index is 11.0. The van der Waals surface area contributed by atoms with Crippen molar-refractivity contribution < 1.29 is 10.2 Å². The first kappa shape index (κ1) is 18.0. The smallest absolute Gasteiger partial charge is 0.0577 e. The molecule has 0 spiro atoms. The summed E-state index contributed by atoms with van der Waals surface area (Å²) >= 11 is 0. The highest BCUT2D eigenvalue weighted by molar-refractivity contribution is 5.12. The Labute approximate surface area is 154 Å². The van der Waals surface area contributed by atoms with Crippen molar-refractivity contribution in [3.8, 4) is 0 Å². The Morgan fingerprint density at radius 1 is 0.920 bits per heavy atom. The highest BCUT2D eigenvalue weighted by Gasteiger charge is 2.62. The molecule has 2 N–H and O–H groups in total. The number of rotatable bonds is 2. The second-order valence-corrected chi connectivity index (χ2v) is 10.5. The molecular formula is C23H38O2. The first-order valence-corrected chi connectivity index (χ1v) is 10.8. The van der Waals surface area contributed by atoms with Gasteiger partial charge in [0, 0.05) is 0 Å². The topological polar surface area (TPSA) is 40.5 Å². The third-order valence-electron chi connectivity index (χ3n) is 9.73. The Hall–Kier alpha value is -0.340. The molecule has 2 nitrogen and oxygen atoms in total. The van der Waals surface area contributed by atoms with Crippen molar-refractivity contribution in [2.24, 2.45) is 46.3 Å². The Morgan fingerprint density at radius 3 is 2.32 bits per heavy atom. The van der Waals surface area contributed by atoms with E-state index in [2.05, 4.69) is 33.4 Å². The van der Waals surface area contributed by atoms with Gasteiger partial charge in [-0.25, -0.2) is 0 Å². The molecule has 0 aliphatic heterocycles. The number of aliphatic hydroxyl groups excluding tert-OH is 2. The highest BCUT2D eigenvalue weighted by atomic mass is 16.3. The van der Waals surface area contributed by atoms with Crippen molar-refractivity contribution in [2.45, 2.75) is 84.3 Å². The van der Waals surface area contributed by atoms with Gasteiger partial charge in [-0.2, -0.15) is 0 Å². The third kappa shape index (κ3) is 2.50. The van der Waals surface area contributed by atoms with Gasteiger partial charge in [0.1, 0.15) is 0 Å². The fourth-order valence-electron chi connectivity index (χ4n) is 8.35. The average molecular weight is 347 g/mol. The minimum atomic E-state index is -0.209. The monoisotopic (exact) mass is 346 g/mol. The molecule has 0 aromatic rings. The Morgan fingerprint density at radius 2 is 1.60 bits per heavy atom. The number of aliphatic hydroxyl groups is 2. The van der Waals surface area contributed by atoms with Gasteiger partial charge in [0.05, 0.1) is 12.2 Å². The van der Waals surface area contributed by atoms with Crippen molar-refractivity contribution in [3.05, 3.63) is 12.7 Å². The second kappa shape index (κ2) is 6.09. The molecule has 0 amide bonds. The largest absolute Gasteiger partial charge is 0.393 e. The van der Waals surface area contributed by atoms with Crippen LogP contribution in [0.3, 0.4) is 0 Å². The predicted molar refractivity (Wildman–Crippen MR) is 102 cm³/mol. The zero-order chi connectivity index (χ0) is 18.0. The van der Waals surface area contributed by atoms with E-state index in [1.165, 1.54) is 25.7 Å². The van der Waals surface area contributed by atoms with Crippen LogP contribution in [0.1, 0.15) is 72.1 Å². The molecule has 4 rings (SSSR count). The lowest BCUT2D eigenvalue weighted by molar-refractivity contribution is -0.171. The van der Waals surface area contributed by atoms with Crippen molar-refractivity contribution in [1.82, 2.24) is 0 Å². The summed E-state index contributed by atoms with van der Waals surface area (Å²) in [5.74, 6) is 3.90. The molecule has 10 atom stereocenters. The fraction of sp³-hybridized carbons (Fsp3) is 0.913. The van der Waals surface area contributed by atoms with E-state index < -0.39 is 0 Å². The molecule has 4 aliphatic rings. The van der Waals surface area contributed by atoms with Gasteiger partial charge in [-0.05, 0) is 97.7 Å². The van der Waals surface area contributed by atoms with Gasteiger partial charge in [-0.15, -0.1) is 6.58 Å². The lowest BCUT2D eigenvalue weighted by Gasteiger charge is -2.62. The number of fused-ring (bicyclic) bond motifs is 5. The van der Waals surface area contributed by atoms with Crippen LogP contribution in [-0.4, -0.2) is 22.4 Å². The summed E-state index contributed by atoms with van der Waals surface area (Å²) in [6.45, 7) is 11.4. The van der Waals surface area contributed by atoms with Gasteiger partial charge in [-0.3, -0.25) is 0 Å². The highest BCUT2D eigenvalue weighted by Crippen LogP contribution is 2.68. The van der Waals surface area contributed by atoms with Crippen LogP contribution in [0, 0.1) is 46.3 Å². The van der Waals surface area contributed by atoms with Crippen LogP contribution >= 0.6 is 0 Å². The van der Waals surface area contributed by atoms with Gasteiger partial charge in [0.2, 0.25) is 0 Å². The quantitative estimate of drug-likeness (QED) is 0.705. The normalized spacial score (nSPS) is 56.4. The van der Waals surface area contributed by atoms with Crippen LogP contribution in [-0.2, 0) is 0 Å². The van der Waals surface area contributed by atoms with Gasteiger partial charge in [-0.1, -0.05) is 26.8 Å². The van der Waals surface area contributed by atoms with Crippen LogP contribution in [0.4, 0.5) is 0 Å². The Kier molecular flexibility index (Phi) is 4.40. The molecule has 142 valence electrons. The lowest BCUT2D eigenvalue weighted by Crippen LogP contribution is -2.58. The molecular weight excluding hydrogens is 308 g/mol. The maximum absolute atomic E-state index is 11.0. The molecule has 0 radical (unpaired) electrons. The van der Waals surface area contributed by atoms with E-state index in [0.29, 0.717) is 23.2 Å². The second-order valence-electron chi connectivity index (χ2n) is 10.5. The van der Waals surface area contributed by atoms with E-state index in [9.17, 15) is 10.2 Å². The zero-order valence-corrected chi connectivity index (χ0v) is 16.5. The molecule has 4 fully saturated rings. The summed E-state index contributed by atoms with van der Waals surface area (Å²) in [5.41, 5.74) is 0.677. The van der Waals surface area contributed by atoms with Crippen LogP contribution in [0.2, 0.25) is 0 Å². The molecule has 8 unspecified atom stereocenters. The molecule has 0 heterocycles. The number of allylic oxidation sites excluding steroid dienone is 1. The van der Waals surface area contributed by atoms with E-state index in [-0.39, 0.29) is 17.6 Å². The number of hydrogen-bond acceptors (Lipinski definition) is 2. The summed E-state index contributed by atoms with van der Waals surface area (Å²) in [4.78, 5) is 0. The molecule has 0 aromatic heterocycles. The van der Waals surface area contributed by atoms with Crippen molar-refractivity contribution in [2.75, 3.05) is 0 Å². The first-order chi connectivity index (χ1) is 11.8. The molecule has 0 saturated heterocycles. The lowest BCUT2D eigenvalue weighted by atomic mass is 9.44. The van der Waals surface area contributed by atoms with E-state index >= 15 is 0 Å². The predicted octanol–water partition coefficient (Wildman–Crippen LogP) is 4.80. The van der Waals surface area contributed by atoms with E-state index in [1.807, 2.05) is 0 Å². The maximum Gasteiger partial charge on any atom is 0.0577 e. The first-order valence-electron chi connectivity index (χ1n) is 10.8. The SMILES string of the molecule is C=CC(C)C1CCC2C3CC(O)C4CC(O)CCC4(C)[C@H]3CC[C@]12C. The van der Waals surface area contributed by atoms with Crippen molar-refractivity contribution in [1.29, 1.82) is 0 Å². The summed E-state index contributed by atoms with van der Waals surface area (Å²) in [6, 6.07) is 0. The van der Waals surface area contributed by atoms with Crippen LogP contribution < -0.4 is 0 Å². The van der Waals surface area contributed by atoms with E-state index in [1.54, 1.807) is 0 Å². The molecule has 25 heavy (non-hydrogen) atoms. The summed E-state index contributed by atoms with van der Waals surface area (Å²) in [6.07, 6.45) is 11.0. The van der Waals surface area contributed by atoms with Gasteiger partial charge >= 0.3 is 0 Å². The van der Waals surface area contributed by atoms with Crippen LogP contribution in [0.15, 0.2) is 12.7 Å². The van der Waals surface area contributed by atoms with Crippen LogP contribution in [0.25, 0.3) is 0 Å². The average Bonchev–Trinajstić information content (AvgIpc) is 2.93. The van der Waals surface area contributed by atoms with E-state index in [0.717, 1.165) is 43.4 Å². The standard InChI is InChI=1S/C23H38O2/c1-5-14(2)17-6-7-18-16-13-21(25)20-12-15(24)8-10-23(20,4)19(16)9-11-22(17,18)3/h5,14-21,24-25H,1,6-13H2,2-4H3/t14?,15?,16?,17?,18?,19-,20?,21?,22+,23?/m0/s1. The number of hydrogen-bond donors (Lipinski definition) is 2. The molecule has 4 saturated carbocycles. The molecule has 4 aliphatic carbocycles. The van der Waals surface area contributed by atoms with Gasteiger partial charge < -0.3 is 10.2 Å². The molecule has 0 bridgehead atoms. The van der Waals surface area contributed by atoms with Crippen molar-refractivity contribution in [3.63, 3.8) is 0 Å². The summed E-state index contributed by atoms with van der Waals surface area (Å²) < 4.78 is 0. The Balaban J connectivity index is 1.63.